The quantitative estimate of drug-likeness (QED) is 0.728. The molecule has 3 rings (SSSR count). The number of aryl methyl sites for hydroxylation is 2. The lowest BCUT2D eigenvalue weighted by atomic mass is 10.3. The molecule has 0 fully saturated rings. The predicted molar refractivity (Wildman–Crippen MR) is 50.8 cm³/mol. The molecular formula is C8H10N4S. The molecule has 2 heterocycles. The lowest BCUT2D eigenvalue weighted by Crippen LogP contribution is -2.03. The molecular weight excluding hydrogens is 184 g/mol. The van der Waals surface area contributed by atoms with Gasteiger partial charge in [-0.25, -0.2) is 0 Å². The Morgan fingerprint density at radius 2 is 2.31 bits per heavy atom. The highest BCUT2D eigenvalue weighted by Gasteiger charge is 2.20. The van der Waals surface area contributed by atoms with E-state index in [2.05, 4.69) is 14.6 Å². The number of hydrogen-bond acceptors (Lipinski definition) is 4. The average molecular weight is 194 g/mol. The summed E-state index contributed by atoms with van der Waals surface area (Å²) in [7, 11) is 0. The van der Waals surface area contributed by atoms with E-state index < -0.39 is 0 Å². The molecule has 5 heteroatoms. The molecule has 68 valence electrons. The van der Waals surface area contributed by atoms with Crippen LogP contribution in [-0.2, 0) is 19.4 Å². The van der Waals surface area contributed by atoms with Gasteiger partial charge in [-0.05, 0) is 19.3 Å². The molecule has 2 N–H and O–H groups in total. The summed E-state index contributed by atoms with van der Waals surface area (Å²) in [4.78, 5) is 2.48. The second-order valence-electron chi connectivity index (χ2n) is 3.26. The van der Waals surface area contributed by atoms with Crippen molar-refractivity contribution in [2.24, 2.45) is 5.73 Å². The van der Waals surface area contributed by atoms with Crippen LogP contribution < -0.4 is 5.73 Å². The first-order chi connectivity index (χ1) is 6.40. The molecule has 1 aliphatic carbocycles. The summed E-state index contributed by atoms with van der Waals surface area (Å²) in [5, 5.41) is 8.15. The highest BCUT2D eigenvalue weighted by Crippen LogP contribution is 2.30. The van der Waals surface area contributed by atoms with E-state index in [1.165, 1.54) is 23.4 Å². The van der Waals surface area contributed by atoms with Crippen molar-refractivity contribution in [3.63, 3.8) is 0 Å². The van der Waals surface area contributed by atoms with E-state index in [1.54, 1.807) is 11.3 Å². The maximum absolute atomic E-state index is 5.59. The largest absolute Gasteiger partial charge is 0.324 e. The highest BCUT2D eigenvalue weighted by atomic mass is 32.1. The van der Waals surface area contributed by atoms with Gasteiger partial charge in [-0.15, -0.1) is 10.2 Å². The predicted octanol–water partition coefficient (Wildman–Crippen LogP) is 0.738. The van der Waals surface area contributed by atoms with Gasteiger partial charge in [-0.2, -0.15) is 0 Å². The Morgan fingerprint density at radius 3 is 3.15 bits per heavy atom. The van der Waals surface area contributed by atoms with Crippen LogP contribution in [0.1, 0.15) is 22.8 Å². The molecule has 2 aromatic rings. The summed E-state index contributed by atoms with van der Waals surface area (Å²) in [6.45, 7) is 0.477. The summed E-state index contributed by atoms with van der Waals surface area (Å²) in [5.41, 5.74) is 6.99. The van der Waals surface area contributed by atoms with Crippen LogP contribution in [-0.4, -0.2) is 14.6 Å². The second kappa shape index (κ2) is 2.52. The summed E-state index contributed by atoms with van der Waals surface area (Å²) in [6, 6.07) is 0. The molecule has 0 spiro atoms. The molecule has 1 aliphatic rings. The second-order valence-corrected chi connectivity index (χ2v) is 4.33. The zero-order valence-electron chi connectivity index (χ0n) is 7.16. The van der Waals surface area contributed by atoms with Crippen LogP contribution in [0.25, 0.3) is 4.96 Å². The van der Waals surface area contributed by atoms with Gasteiger partial charge in [0.1, 0.15) is 0 Å². The first kappa shape index (κ1) is 7.46. The minimum absolute atomic E-state index is 0.477. The first-order valence-corrected chi connectivity index (χ1v) is 5.26. The minimum Gasteiger partial charge on any atom is -0.324 e. The highest BCUT2D eigenvalue weighted by molar-refractivity contribution is 7.17. The molecule has 0 unspecified atom stereocenters. The van der Waals surface area contributed by atoms with E-state index in [0.29, 0.717) is 6.54 Å². The van der Waals surface area contributed by atoms with Crippen LogP contribution in [0.5, 0.6) is 0 Å². The molecule has 4 nitrogen and oxygen atoms in total. The Labute approximate surface area is 79.4 Å². The fourth-order valence-corrected chi connectivity index (χ4v) is 3.09. The Morgan fingerprint density at radius 1 is 1.38 bits per heavy atom. The van der Waals surface area contributed by atoms with Crippen molar-refractivity contribution in [2.75, 3.05) is 0 Å². The molecule has 13 heavy (non-hydrogen) atoms. The topological polar surface area (TPSA) is 56.2 Å². The van der Waals surface area contributed by atoms with E-state index in [1.807, 2.05) is 0 Å². The third kappa shape index (κ3) is 0.883. The third-order valence-corrected chi connectivity index (χ3v) is 3.64. The van der Waals surface area contributed by atoms with Gasteiger partial charge < -0.3 is 5.73 Å². The summed E-state index contributed by atoms with van der Waals surface area (Å²) < 4.78 is 2.13. The van der Waals surface area contributed by atoms with Crippen molar-refractivity contribution in [2.45, 2.75) is 25.8 Å². The number of nitrogens with zero attached hydrogens (tertiary/aromatic N) is 3. The van der Waals surface area contributed by atoms with Crippen molar-refractivity contribution in [1.82, 2.24) is 14.6 Å². The van der Waals surface area contributed by atoms with Gasteiger partial charge in [0.15, 0.2) is 5.82 Å². The summed E-state index contributed by atoms with van der Waals surface area (Å²) in [6.07, 6.45) is 3.62. The lowest BCUT2D eigenvalue weighted by Gasteiger charge is -1.95. The molecule has 0 radical (unpaired) electrons. The van der Waals surface area contributed by atoms with Crippen LogP contribution in [0.15, 0.2) is 0 Å². The maximum atomic E-state index is 5.59. The van der Waals surface area contributed by atoms with Crippen LogP contribution >= 0.6 is 11.3 Å². The Kier molecular flexibility index (Phi) is 1.45. The smallest absolute Gasteiger partial charge is 0.216 e. The molecule has 0 saturated carbocycles. The van der Waals surface area contributed by atoms with Crippen molar-refractivity contribution in [1.29, 1.82) is 0 Å². The van der Waals surface area contributed by atoms with Crippen LogP contribution in [0.4, 0.5) is 0 Å². The molecule has 0 amide bonds. The van der Waals surface area contributed by atoms with E-state index in [9.17, 15) is 0 Å². The van der Waals surface area contributed by atoms with Gasteiger partial charge in [0, 0.05) is 10.6 Å². The van der Waals surface area contributed by atoms with Gasteiger partial charge in [-0.3, -0.25) is 4.40 Å². The van der Waals surface area contributed by atoms with Crippen molar-refractivity contribution >= 4 is 16.3 Å². The molecule has 0 atom stereocenters. The number of aromatic nitrogens is 3. The zero-order valence-corrected chi connectivity index (χ0v) is 7.97. The Bertz CT molecular complexity index is 456. The lowest BCUT2D eigenvalue weighted by molar-refractivity contribution is 0.837. The van der Waals surface area contributed by atoms with Crippen molar-refractivity contribution in [3.05, 3.63) is 16.4 Å². The standard InChI is InChI=1S/C8H10N4S/c9-4-7-10-11-8-12(7)5-2-1-3-6(5)13-8/h1-4,9H2. The fraction of sp³-hybridized carbons (Fsp3) is 0.500. The van der Waals surface area contributed by atoms with Crippen molar-refractivity contribution in [3.8, 4) is 0 Å². The van der Waals surface area contributed by atoms with Crippen molar-refractivity contribution < 1.29 is 0 Å². The molecule has 2 aromatic heterocycles. The number of fused-ring (bicyclic) bond motifs is 3. The molecule has 0 aromatic carbocycles. The van der Waals surface area contributed by atoms with Gasteiger partial charge in [0.25, 0.3) is 0 Å². The zero-order chi connectivity index (χ0) is 8.84. The van der Waals surface area contributed by atoms with Gasteiger partial charge >= 0.3 is 0 Å². The number of rotatable bonds is 1. The third-order valence-electron chi connectivity index (χ3n) is 2.51. The Hall–Kier alpha value is -0.940. The summed E-state index contributed by atoms with van der Waals surface area (Å²) in [5.74, 6) is 0.898. The SMILES string of the molecule is NCc1nnc2sc3c(n12)CCC3. The van der Waals surface area contributed by atoms with E-state index in [-0.39, 0.29) is 0 Å². The van der Waals surface area contributed by atoms with E-state index in [4.69, 9.17) is 5.73 Å². The van der Waals surface area contributed by atoms with Crippen LogP contribution in [0.3, 0.4) is 0 Å². The van der Waals surface area contributed by atoms with E-state index >= 15 is 0 Å². The van der Waals surface area contributed by atoms with Gasteiger partial charge in [-0.1, -0.05) is 11.3 Å². The van der Waals surface area contributed by atoms with Crippen LogP contribution in [0.2, 0.25) is 0 Å². The van der Waals surface area contributed by atoms with Crippen LogP contribution in [0, 0.1) is 0 Å². The average Bonchev–Trinajstić information content (AvgIpc) is 2.72. The number of nitrogens with two attached hydrogens (primary N) is 1. The molecule has 0 saturated heterocycles. The first-order valence-electron chi connectivity index (χ1n) is 4.45. The molecule has 0 bridgehead atoms. The minimum atomic E-state index is 0.477. The van der Waals surface area contributed by atoms with Gasteiger partial charge in [0.2, 0.25) is 4.96 Å². The maximum Gasteiger partial charge on any atom is 0.216 e. The summed E-state index contributed by atoms with van der Waals surface area (Å²) >= 11 is 1.76. The molecule has 0 aliphatic heterocycles. The number of thiazole rings is 1. The fourth-order valence-electron chi connectivity index (χ4n) is 1.93. The van der Waals surface area contributed by atoms with E-state index in [0.717, 1.165) is 17.2 Å². The monoisotopic (exact) mass is 194 g/mol. The number of hydrogen-bond donors (Lipinski definition) is 1. The normalized spacial score (nSPS) is 15.5. The Balaban J connectivity index is 2.36. The van der Waals surface area contributed by atoms with Gasteiger partial charge in [0.05, 0.1) is 6.54 Å².